The van der Waals surface area contributed by atoms with Gasteiger partial charge in [0.05, 0.1) is 59.4 Å². The van der Waals surface area contributed by atoms with Crippen LogP contribution in [0.4, 0.5) is 20.3 Å². The number of benzene rings is 1. The van der Waals surface area contributed by atoms with Crippen LogP contribution in [0.5, 0.6) is 0 Å². The number of morpholine rings is 1. The van der Waals surface area contributed by atoms with E-state index in [2.05, 4.69) is 42.5 Å². The van der Waals surface area contributed by atoms with Crippen molar-refractivity contribution in [2.75, 3.05) is 49.6 Å². The molecule has 63 heavy (non-hydrogen) atoms. The Labute approximate surface area is 360 Å². The average molecular weight is 866 g/mol. The number of carbonyl (C=O) groups is 3. The minimum absolute atomic E-state index is 0.0104. The van der Waals surface area contributed by atoms with Crippen molar-refractivity contribution >= 4 is 45.9 Å². The van der Waals surface area contributed by atoms with Crippen LogP contribution in [-0.4, -0.2) is 114 Å². The molecule has 0 radical (unpaired) electrons. The van der Waals surface area contributed by atoms with Crippen LogP contribution in [0.25, 0.3) is 16.7 Å². The molecule has 4 aliphatic heterocycles. The summed E-state index contributed by atoms with van der Waals surface area (Å²) in [6.45, 7) is 4.40. The van der Waals surface area contributed by atoms with Gasteiger partial charge in [0.15, 0.2) is 11.3 Å². The molecule has 1 aromatic carbocycles. The van der Waals surface area contributed by atoms with Crippen LogP contribution in [0.1, 0.15) is 97.9 Å². The van der Waals surface area contributed by atoms with Gasteiger partial charge in [-0.05, 0) is 75.5 Å². The Morgan fingerprint density at radius 3 is 2.63 bits per heavy atom. The van der Waals surface area contributed by atoms with Crippen LogP contribution in [0, 0.1) is 17.8 Å². The SMILES string of the molecule is Cn1c(=O)n([C@H]2CCC(=O)NC2=O)c2cccc(C#CCOC3CCN(C[C@H]4CC[C@H](n5cc(NC(=O)c6cnn7ccc(N8C[C@H]9C[C@@H]8CO9)nc67)c(C(F)F)n5)CC4)CC3)c21. The predicted molar refractivity (Wildman–Crippen MR) is 226 cm³/mol. The lowest BCUT2D eigenvalue weighted by Gasteiger charge is -2.36. The second-order valence-corrected chi connectivity index (χ2v) is 17.4. The van der Waals surface area contributed by atoms with E-state index in [9.17, 15) is 28.0 Å². The van der Waals surface area contributed by atoms with Gasteiger partial charge in [-0.1, -0.05) is 17.9 Å². The van der Waals surface area contributed by atoms with Gasteiger partial charge in [0, 0.05) is 52.0 Å². The van der Waals surface area contributed by atoms with Gasteiger partial charge >= 0.3 is 5.69 Å². The Morgan fingerprint density at radius 1 is 1.06 bits per heavy atom. The molecule has 2 N–H and O–H groups in total. The van der Waals surface area contributed by atoms with Crippen LogP contribution in [0.2, 0.25) is 0 Å². The third-order valence-electron chi connectivity index (χ3n) is 13.5. The van der Waals surface area contributed by atoms with Gasteiger partial charge in [0.1, 0.15) is 24.0 Å². The molecule has 0 unspecified atom stereocenters. The second-order valence-electron chi connectivity index (χ2n) is 17.4. The zero-order valence-corrected chi connectivity index (χ0v) is 34.9. The lowest BCUT2D eigenvalue weighted by atomic mass is 9.85. The van der Waals surface area contributed by atoms with Crippen LogP contribution < -0.4 is 21.2 Å². The molecule has 5 aliphatic rings. The number of imide groups is 1. The van der Waals surface area contributed by atoms with Gasteiger partial charge < -0.3 is 24.6 Å². The van der Waals surface area contributed by atoms with Crippen molar-refractivity contribution in [1.82, 2.24) is 43.7 Å². The summed E-state index contributed by atoms with van der Waals surface area (Å²) in [6, 6.07) is 6.73. The maximum Gasteiger partial charge on any atom is 0.329 e. The van der Waals surface area contributed by atoms with E-state index in [1.165, 1.54) is 26.0 Å². The standard InChI is InChI=1S/C44H49F2N11O6/c1-52-39-27(4-2-6-34(39)57(44(52)61)35-11-12-37(58)50-43(35)60)5-3-19-62-30-13-16-53(17-14-30)22-26-7-9-28(10-8-26)56-24-33(38(51-56)40(45)46)48-42(59)32-21-47-55-18-15-36(49-41(32)55)54-23-31-20-29(54)25-63-31/h2,4,6,15,18,21,24,26,28-31,35,40H,7-14,16-17,19-20,22-23,25H2,1H3,(H,48,59)(H,50,58,60)/t26-,28-,29-,31-,35+/m1/s1. The molecular weight excluding hydrogens is 817 g/mol. The second kappa shape index (κ2) is 17.0. The van der Waals surface area contributed by atoms with Gasteiger partial charge in [-0.2, -0.15) is 10.2 Å². The topological polar surface area (TPSA) is 175 Å². The summed E-state index contributed by atoms with van der Waals surface area (Å²) < 4.78 is 46.5. The number of imidazole rings is 1. The number of nitrogens with zero attached hydrogens (tertiary/aromatic N) is 9. The van der Waals surface area contributed by atoms with Gasteiger partial charge in [-0.3, -0.25) is 33.5 Å². The smallest absolute Gasteiger partial charge is 0.329 e. The molecule has 17 nitrogen and oxygen atoms in total. The third-order valence-corrected chi connectivity index (χ3v) is 13.5. The number of amides is 3. The molecular formula is C44H49F2N11O6. The van der Waals surface area contributed by atoms with Crippen LogP contribution in [-0.2, 0) is 26.1 Å². The van der Waals surface area contributed by atoms with Crippen molar-refractivity contribution < 1.29 is 32.6 Å². The summed E-state index contributed by atoms with van der Waals surface area (Å²) in [5.74, 6) is 6.11. The Bertz CT molecular complexity index is 2700. The molecule has 4 aromatic heterocycles. The van der Waals surface area contributed by atoms with Crippen molar-refractivity contribution in [3.63, 3.8) is 0 Å². The summed E-state index contributed by atoms with van der Waals surface area (Å²) in [6.07, 6.45) is 8.73. The molecule has 3 amide bonds. The normalized spacial score (nSPS) is 24.4. The highest BCUT2D eigenvalue weighted by Crippen LogP contribution is 2.36. The van der Waals surface area contributed by atoms with E-state index in [-0.39, 0.29) is 66.6 Å². The lowest BCUT2D eigenvalue weighted by Crippen LogP contribution is -2.44. The van der Waals surface area contributed by atoms with E-state index in [0.29, 0.717) is 34.8 Å². The molecule has 1 saturated carbocycles. The summed E-state index contributed by atoms with van der Waals surface area (Å²) in [5.41, 5.74) is 1.62. The lowest BCUT2D eigenvalue weighted by molar-refractivity contribution is -0.135. The summed E-state index contributed by atoms with van der Waals surface area (Å²) in [4.78, 5) is 60.5. The van der Waals surface area contributed by atoms with E-state index in [1.54, 1.807) is 24.0 Å². The number of aryl methyl sites for hydroxylation is 1. The quantitative estimate of drug-likeness (QED) is 0.154. The Kier molecular flexibility index (Phi) is 11.1. The Morgan fingerprint density at radius 2 is 1.89 bits per heavy atom. The number of rotatable bonds is 10. The molecule has 330 valence electrons. The van der Waals surface area contributed by atoms with Crippen LogP contribution >= 0.6 is 0 Å². The van der Waals surface area contributed by atoms with Crippen LogP contribution in [0.3, 0.4) is 0 Å². The molecule has 5 fully saturated rings. The van der Waals surface area contributed by atoms with Gasteiger partial charge in [0.2, 0.25) is 11.8 Å². The highest BCUT2D eigenvalue weighted by molar-refractivity contribution is 6.08. The summed E-state index contributed by atoms with van der Waals surface area (Å²) in [7, 11) is 1.66. The number of fused-ring (bicyclic) bond motifs is 4. The highest BCUT2D eigenvalue weighted by Gasteiger charge is 2.40. The molecule has 19 heteroatoms. The number of aromatic nitrogens is 7. The molecule has 3 atom stereocenters. The molecule has 1 aliphatic carbocycles. The Hall–Kier alpha value is -5.97. The minimum Gasteiger partial charge on any atom is -0.374 e. The number of hydrogen-bond acceptors (Lipinski definition) is 11. The van der Waals surface area contributed by atoms with Gasteiger partial charge in [-0.25, -0.2) is 23.1 Å². The highest BCUT2D eigenvalue weighted by atomic mass is 19.3. The van der Waals surface area contributed by atoms with Crippen molar-refractivity contribution in [3.05, 3.63) is 70.2 Å². The zero-order chi connectivity index (χ0) is 43.4. The van der Waals surface area contributed by atoms with E-state index in [1.807, 2.05) is 18.2 Å². The number of carbonyl (C=O) groups excluding carboxylic acids is 3. The van der Waals surface area contributed by atoms with Crippen LogP contribution in [0.15, 0.2) is 47.7 Å². The van der Waals surface area contributed by atoms with Gasteiger partial charge in [0.25, 0.3) is 12.3 Å². The fourth-order valence-corrected chi connectivity index (χ4v) is 10.2. The first-order valence-corrected chi connectivity index (χ1v) is 21.9. The monoisotopic (exact) mass is 865 g/mol. The third kappa shape index (κ3) is 8.00. The summed E-state index contributed by atoms with van der Waals surface area (Å²) >= 11 is 0. The van der Waals surface area contributed by atoms with E-state index in [4.69, 9.17) is 14.5 Å². The number of alkyl halides is 2. The number of para-hydroxylation sites is 1. The number of hydrogen-bond donors (Lipinski definition) is 2. The van der Waals surface area contributed by atoms with Crippen molar-refractivity contribution in [2.45, 2.75) is 94.5 Å². The number of halogens is 2. The largest absolute Gasteiger partial charge is 0.374 e. The Balaban J connectivity index is 0.700. The minimum atomic E-state index is -2.86. The predicted octanol–water partition coefficient (Wildman–Crippen LogP) is 3.99. The number of piperidine rings is 2. The summed E-state index contributed by atoms with van der Waals surface area (Å²) in [5, 5.41) is 13.6. The van der Waals surface area contributed by atoms with E-state index >= 15 is 0 Å². The number of nitrogens with one attached hydrogen (secondary N) is 2. The maximum atomic E-state index is 14.3. The first kappa shape index (κ1) is 41.1. The maximum absolute atomic E-state index is 14.3. The molecule has 8 heterocycles. The fraction of sp³-hybridized carbons (Fsp3) is 0.523. The van der Waals surface area contributed by atoms with Gasteiger partial charge in [-0.15, -0.1) is 0 Å². The number of likely N-dealkylation sites (tertiary alicyclic amines) is 1. The fourth-order valence-electron chi connectivity index (χ4n) is 10.2. The molecule has 0 spiro atoms. The van der Waals surface area contributed by atoms with Crippen molar-refractivity contribution in [1.29, 1.82) is 0 Å². The average Bonchev–Trinajstić information content (AvgIpc) is 4.13. The number of ether oxygens (including phenoxy) is 2. The zero-order valence-electron chi connectivity index (χ0n) is 34.9. The van der Waals surface area contributed by atoms with Crippen molar-refractivity contribution in [2.24, 2.45) is 13.0 Å². The van der Waals surface area contributed by atoms with E-state index < -0.39 is 30.0 Å². The first-order valence-electron chi connectivity index (χ1n) is 21.9. The molecule has 5 aromatic rings. The number of anilines is 2. The van der Waals surface area contributed by atoms with E-state index in [0.717, 1.165) is 76.9 Å². The van der Waals surface area contributed by atoms with Crippen molar-refractivity contribution in [3.8, 4) is 11.8 Å². The first-order chi connectivity index (χ1) is 30.6. The molecule has 10 rings (SSSR count). The molecule has 2 bridgehead atoms. The molecule has 4 saturated heterocycles.